The van der Waals surface area contributed by atoms with E-state index < -0.39 is 6.04 Å². The van der Waals surface area contributed by atoms with Gasteiger partial charge in [0.25, 0.3) is 0 Å². The monoisotopic (exact) mass is 295 g/mol. The third-order valence-electron chi connectivity index (χ3n) is 3.27. The van der Waals surface area contributed by atoms with Crippen LogP contribution in [0.3, 0.4) is 0 Å². The van der Waals surface area contributed by atoms with Crippen molar-refractivity contribution in [3.63, 3.8) is 0 Å². The Balaban J connectivity index is 2.77. The average Bonchev–Trinajstić information content (AvgIpc) is 2.47. The van der Waals surface area contributed by atoms with Gasteiger partial charge in [0.2, 0.25) is 5.91 Å². The van der Waals surface area contributed by atoms with Gasteiger partial charge in [0, 0.05) is 19.2 Å². The van der Waals surface area contributed by atoms with Crippen molar-refractivity contribution in [1.82, 2.24) is 10.2 Å². The maximum absolute atomic E-state index is 11.9. The van der Waals surface area contributed by atoms with E-state index >= 15 is 0 Å². The number of hydrogen-bond donors (Lipinski definition) is 2. The number of amides is 1. The molecule has 1 amide bonds. The molecule has 2 unspecified atom stereocenters. The molecule has 0 fully saturated rings. The van der Waals surface area contributed by atoms with E-state index in [9.17, 15) is 4.79 Å². The minimum atomic E-state index is -0.657. The van der Waals surface area contributed by atoms with E-state index in [0.29, 0.717) is 6.54 Å². The smallest absolute Gasteiger partial charge is 0.239 e. The van der Waals surface area contributed by atoms with Crippen LogP contribution in [0.1, 0.15) is 11.6 Å². The summed E-state index contributed by atoms with van der Waals surface area (Å²) in [5.74, 6) is 0.574. The molecule has 6 heteroatoms. The molecule has 0 bridgehead atoms. The molecule has 0 saturated carbocycles. The number of carbonyl (C=O) groups excluding carboxylic acids is 1. The number of para-hydroxylation sites is 1. The zero-order chi connectivity index (χ0) is 15.8. The summed E-state index contributed by atoms with van der Waals surface area (Å²) in [6.45, 7) is 0.650. The number of rotatable bonds is 8. The SMILES string of the molecule is COCC(N)C(=O)NCC(c1ccccc1OC)N(C)C. The summed E-state index contributed by atoms with van der Waals surface area (Å²) in [6.07, 6.45) is 0. The lowest BCUT2D eigenvalue weighted by molar-refractivity contribution is -0.123. The molecule has 6 nitrogen and oxygen atoms in total. The first kappa shape index (κ1) is 17.4. The van der Waals surface area contributed by atoms with Gasteiger partial charge >= 0.3 is 0 Å². The Bertz CT molecular complexity index is 452. The molecule has 0 radical (unpaired) electrons. The average molecular weight is 295 g/mol. The Morgan fingerprint density at radius 1 is 1.33 bits per heavy atom. The Hall–Kier alpha value is -1.63. The molecule has 1 aromatic rings. The number of likely N-dealkylation sites (N-methyl/N-ethyl adjacent to an activating group) is 1. The van der Waals surface area contributed by atoms with Crippen molar-refractivity contribution in [3.05, 3.63) is 29.8 Å². The van der Waals surface area contributed by atoms with Gasteiger partial charge in [-0.15, -0.1) is 0 Å². The summed E-state index contributed by atoms with van der Waals surface area (Å²) in [4.78, 5) is 13.9. The number of nitrogens with two attached hydrogens (primary N) is 1. The van der Waals surface area contributed by atoms with Crippen LogP contribution < -0.4 is 15.8 Å². The van der Waals surface area contributed by atoms with Crippen LogP contribution in [0, 0.1) is 0 Å². The lowest BCUT2D eigenvalue weighted by Gasteiger charge is -2.27. The van der Waals surface area contributed by atoms with Gasteiger partial charge in [0.05, 0.1) is 19.8 Å². The van der Waals surface area contributed by atoms with E-state index in [1.165, 1.54) is 7.11 Å². The number of ether oxygens (including phenoxy) is 2. The van der Waals surface area contributed by atoms with Gasteiger partial charge in [0.15, 0.2) is 0 Å². The van der Waals surface area contributed by atoms with Crippen molar-refractivity contribution >= 4 is 5.91 Å². The van der Waals surface area contributed by atoms with Crippen LogP contribution in [0.15, 0.2) is 24.3 Å². The Morgan fingerprint density at radius 3 is 2.57 bits per heavy atom. The molecule has 0 aliphatic carbocycles. The summed E-state index contributed by atoms with van der Waals surface area (Å²) >= 11 is 0. The summed E-state index contributed by atoms with van der Waals surface area (Å²) < 4.78 is 10.3. The van der Waals surface area contributed by atoms with Gasteiger partial charge in [0.1, 0.15) is 11.8 Å². The van der Waals surface area contributed by atoms with E-state index in [0.717, 1.165) is 11.3 Å². The van der Waals surface area contributed by atoms with Crippen LogP contribution in [0.4, 0.5) is 0 Å². The fourth-order valence-electron chi connectivity index (χ4n) is 2.10. The highest BCUT2D eigenvalue weighted by atomic mass is 16.5. The zero-order valence-corrected chi connectivity index (χ0v) is 13.1. The van der Waals surface area contributed by atoms with Crippen LogP contribution in [0.25, 0.3) is 0 Å². The largest absolute Gasteiger partial charge is 0.496 e. The first-order chi connectivity index (χ1) is 10.0. The Labute approximate surface area is 126 Å². The maximum atomic E-state index is 11.9. The van der Waals surface area contributed by atoms with E-state index in [-0.39, 0.29) is 18.6 Å². The summed E-state index contributed by atoms with van der Waals surface area (Å²) in [6, 6.07) is 7.11. The predicted octanol–water partition coefficient (Wildman–Crippen LogP) is 0.388. The van der Waals surface area contributed by atoms with Crippen molar-refractivity contribution in [2.45, 2.75) is 12.1 Å². The van der Waals surface area contributed by atoms with Crippen molar-refractivity contribution < 1.29 is 14.3 Å². The highest BCUT2D eigenvalue weighted by Gasteiger charge is 2.20. The van der Waals surface area contributed by atoms with E-state index in [4.69, 9.17) is 15.2 Å². The van der Waals surface area contributed by atoms with Gasteiger partial charge in [-0.05, 0) is 20.2 Å². The highest BCUT2D eigenvalue weighted by Crippen LogP contribution is 2.27. The van der Waals surface area contributed by atoms with E-state index in [1.807, 2.05) is 43.3 Å². The van der Waals surface area contributed by atoms with Crippen molar-refractivity contribution in [3.8, 4) is 5.75 Å². The first-order valence-electron chi connectivity index (χ1n) is 6.82. The molecule has 2 atom stereocenters. The van der Waals surface area contributed by atoms with Crippen LogP contribution >= 0.6 is 0 Å². The molecule has 0 aromatic heterocycles. The molecule has 1 aromatic carbocycles. The number of methoxy groups -OCH3 is 2. The van der Waals surface area contributed by atoms with Gasteiger partial charge in [-0.3, -0.25) is 4.79 Å². The maximum Gasteiger partial charge on any atom is 0.239 e. The highest BCUT2D eigenvalue weighted by molar-refractivity contribution is 5.81. The third-order valence-corrected chi connectivity index (χ3v) is 3.27. The summed E-state index contributed by atoms with van der Waals surface area (Å²) in [5.41, 5.74) is 6.73. The standard InChI is InChI=1S/C15H25N3O3/c1-18(2)13(9-17-15(19)12(16)10-20-3)11-7-5-6-8-14(11)21-4/h5-8,12-13H,9-10,16H2,1-4H3,(H,17,19). The van der Waals surface area contributed by atoms with E-state index in [1.54, 1.807) is 7.11 Å². The summed E-state index contributed by atoms with van der Waals surface area (Å²) in [5, 5.41) is 2.86. The quantitative estimate of drug-likeness (QED) is 0.725. The number of benzene rings is 1. The van der Waals surface area contributed by atoms with Crippen molar-refractivity contribution in [2.24, 2.45) is 5.73 Å². The molecule has 0 heterocycles. The second-order valence-electron chi connectivity index (χ2n) is 5.03. The second-order valence-corrected chi connectivity index (χ2v) is 5.03. The zero-order valence-electron chi connectivity index (χ0n) is 13.1. The lowest BCUT2D eigenvalue weighted by Crippen LogP contribution is -2.45. The van der Waals surface area contributed by atoms with Crippen LogP contribution in [0.5, 0.6) is 5.75 Å². The lowest BCUT2D eigenvalue weighted by atomic mass is 10.0. The molecule has 1 rings (SSSR count). The molecule has 0 aliphatic rings. The predicted molar refractivity (Wildman–Crippen MR) is 82.3 cm³/mol. The van der Waals surface area contributed by atoms with Crippen LogP contribution in [-0.2, 0) is 9.53 Å². The molecule has 3 N–H and O–H groups in total. The minimum Gasteiger partial charge on any atom is -0.496 e. The third kappa shape index (κ3) is 5.00. The minimum absolute atomic E-state index is 0.000144. The molecular weight excluding hydrogens is 270 g/mol. The molecule has 0 aliphatic heterocycles. The number of nitrogens with one attached hydrogen (secondary N) is 1. The van der Waals surface area contributed by atoms with E-state index in [2.05, 4.69) is 5.32 Å². The van der Waals surface area contributed by atoms with Gasteiger partial charge in [-0.25, -0.2) is 0 Å². The second kappa shape index (κ2) is 8.61. The fraction of sp³-hybridized carbons (Fsp3) is 0.533. The molecular formula is C15H25N3O3. The Morgan fingerprint density at radius 2 is 2.00 bits per heavy atom. The van der Waals surface area contributed by atoms with Crippen molar-refractivity contribution in [1.29, 1.82) is 0 Å². The topological polar surface area (TPSA) is 76.8 Å². The molecule has 0 spiro atoms. The van der Waals surface area contributed by atoms with Gasteiger partial charge in [-0.1, -0.05) is 18.2 Å². The molecule has 0 saturated heterocycles. The summed E-state index contributed by atoms with van der Waals surface area (Å²) in [7, 11) is 7.07. The van der Waals surface area contributed by atoms with Gasteiger partial charge in [-0.2, -0.15) is 0 Å². The normalized spacial score (nSPS) is 13.8. The number of nitrogens with zero attached hydrogens (tertiary/aromatic N) is 1. The molecule has 21 heavy (non-hydrogen) atoms. The Kier molecular flexibility index (Phi) is 7.14. The number of carbonyl (C=O) groups is 1. The van der Waals surface area contributed by atoms with Crippen molar-refractivity contribution in [2.75, 3.05) is 41.5 Å². The first-order valence-corrected chi connectivity index (χ1v) is 6.82. The van der Waals surface area contributed by atoms with Crippen LogP contribution in [0.2, 0.25) is 0 Å². The van der Waals surface area contributed by atoms with Crippen LogP contribution in [-0.4, -0.2) is 58.3 Å². The number of hydrogen-bond acceptors (Lipinski definition) is 5. The molecule has 118 valence electrons. The van der Waals surface area contributed by atoms with Gasteiger partial charge < -0.3 is 25.4 Å². The fourth-order valence-corrected chi connectivity index (χ4v) is 2.10.